The molecule has 5 nitrogen and oxygen atoms in total. The lowest BCUT2D eigenvalue weighted by atomic mass is 9.79. The summed E-state index contributed by atoms with van der Waals surface area (Å²) in [7, 11) is 2.14. The van der Waals surface area contributed by atoms with Crippen LogP contribution in [0.15, 0.2) is 48.2 Å². The van der Waals surface area contributed by atoms with Gasteiger partial charge in [-0.05, 0) is 86.1 Å². The maximum absolute atomic E-state index is 12.8. The predicted molar refractivity (Wildman–Crippen MR) is 135 cm³/mol. The molecule has 2 N–H and O–H groups in total. The van der Waals surface area contributed by atoms with Crippen molar-refractivity contribution in [1.82, 2.24) is 10.3 Å². The van der Waals surface area contributed by atoms with Gasteiger partial charge in [-0.2, -0.15) is 5.26 Å². The summed E-state index contributed by atoms with van der Waals surface area (Å²) in [6, 6.07) is 14.5. The van der Waals surface area contributed by atoms with E-state index in [4.69, 9.17) is 0 Å². The van der Waals surface area contributed by atoms with Crippen LogP contribution in [0.1, 0.15) is 55.4 Å². The number of para-hydroxylation sites is 1. The van der Waals surface area contributed by atoms with E-state index < -0.39 is 0 Å². The van der Waals surface area contributed by atoms with E-state index in [1.54, 1.807) is 6.08 Å². The van der Waals surface area contributed by atoms with E-state index in [9.17, 15) is 10.1 Å². The molecule has 1 aromatic heterocycles. The Balaban J connectivity index is 1.51. The number of hydrogen-bond acceptors (Lipinski definition) is 3. The van der Waals surface area contributed by atoms with Gasteiger partial charge in [-0.15, -0.1) is 0 Å². The van der Waals surface area contributed by atoms with Crippen molar-refractivity contribution in [2.24, 2.45) is 0 Å². The average Bonchev–Trinajstić information content (AvgIpc) is 3.19. The van der Waals surface area contributed by atoms with Gasteiger partial charge < -0.3 is 15.2 Å². The van der Waals surface area contributed by atoms with Crippen molar-refractivity contribution in [2.75, 3.05) is 18.5 Å². The number of rotatable bonds is 5. The zero-order chi connectivity index (χ0) is 23.8. The Kier molecular flexibility index (Phi) is 6.03. The highest BCUT2D eigenvalue weighted by molar-refractivity contribution is 6.02. The first-order valence-corrected chi connectivity index (χ1v) is 11.5. The van der Waals surface area contributed by atoms with Crippen LogP contribution < -0.4 is 10.2 Å². The van der Waals surface area contributed by atoms with Crippen LogP contribution in [0.4, 0.5) is 5.69 Å². The van der Waals surface area contributed by atoms with Crippen molar-refractivity contribution in [3.05, 3.63) is 70.4 Å². The summed E-state index contributed by atoms with van der Waals surface area (Å²) in [5.41, 5.74) is 6.96. The lowest BCUT2D eigenvalue weighted by Crippen LogP contribution is -2.45. The lowest BCUT2D eigenvalue weighted by molar-refractivity contribution is -0.117. The summed E-state index contributed by atoms with van der Waals surface area (Å²) >= 11 is 0. The van der Waals surface area contributed by atoms with Crippen LogP contribution in [0.2, 0.25) is 0 Å². The molecule has 0 spiro atoms. The number of fused-ring (bicyclic) bond motifs is 2. The molecular weight excluding hydrogens is 408 g/mol. The summed E-state index contributed by atoms with van der Waals surface area (Å²) in [6.07, 6.45) is 5.46. The Labute approximate surface area is 196 Å². The second-order valence-electron chi connectivity index (χ2n) is 9.78. The number of anilines is 1. The minimum absolute atomic E-state index is 0.0959. The monoisotopic (exact) mass is 440 g/mol. The van der Waals surface area contributed by atoms with E-state index in [-0.39, 0.29) is 17.0 Å². The molecule has 0 fully saturated rings. The molecule has 3 aromatic rings. The number of H-pyrrole nitrogens is 1. The van der Waals surface area contributed by atoms with Crippen molar-refractivity contribution in [1.29, 1.82) is 5.26 Å². The molecule has 5 heteroatoms. The molecule has 1 atom stereocenters. The number of benzene rings is 2. The fraction of sp³-hybridized carbons (Fsp3) is 0.357. The van der Waals surface area contributed by atoms with E-state index in [1.807, 2.05) is 31.3 Å². The molecule has 0 aliphatic carbocycles. The molecule has 1 aliphatic rings. The van der Waals surface area contributed by atoms with Crippen molar-refractivity contribution in [3.63, 3.8) is 0 Å². The predicted octanol–water partition coefficient (Wildman–Crippen LogP) is 5.46. The van der Waals surface area contributed by atoms with E-state index in [0.717, 1.165) is 34.0 Å². The van der Waals surface area contributed by atoms with Crippen LogP contribution in [-0.4, -0.2) is 30.0 Å². The van der Waals surface area contributed by atoms with E-state index in [2.05, 4.69) is 67.3 Å². The van der Waals surface area contributed by atoms with Gasteiger partial charge in [0.05, 0.1) is 0 Å². The molecule has 170 valence electrons. The van der Waals surface area contributed by atoms with Crippen LogP contribution >= 0.6 is 0 Å². The summed E-state index contributed by atoms with van der Waals surface area (Å²) in [4.78, 5) is 18.3. The van der Waals surface area contributed by atoms with Gasteiger partial charge in [-0.1, -0.05) is 25.1 Å². The highest BCUT2D eigenvalue weighted by Crippen LogP contribution is 2.43. The van der Waals surface area contributed by atoms with E-state index in [1.165, 1.54) is 11.3 Å². The Hall–Kier alpha value is -3.52. The molecule has 1 amide bonds. The first kappa shape index (κ1) is 22.7. The minimum atomic E-state index is -0.333. The van der Waals surface area contributed by atoms with Crippen LogP contribution in [0.3, 0.4) is 0 Å². The standard InChI is InChI=1S/C28H32N4O/c1-18-12-26-24(19(2)15-28(3,4)32(26)5)14-21(18)13-22(16-29)27(33)30-11-10-20-17-31-25-9-7-6-8-23(20)25/h6-9,12-14,17,19,31H,10-11,15H2,1-5H3,(H,30,33)/b22-13-/t19-/m1/s1. The van der Waals surface area contributed by atoms with E-state index >= 15 is 0 Å². The third-order valence-corrected chi connectivity index (χ3v) is 7.04. The van der Waals surface area contributed by atoms with Gasteiger partial charge in [0.25, 0.3) is 5.91 Å². The van der Waals surface area contributed by atoms with Crippen LogP contribution in [-0.2, 0) is 11.2 Å². The molecule has 4 rings (SSSR count). The van der Waals surface area contributed by atoms with Crippen LogP contribution in [0, 0.1) is 18.3 Å². The smallest absolute Gasteiger partial charge is 0.261 e. The average molecular weight is 441 g/mol. The van der Waals surface area contributed by atoms with Crippen LogP contribution in [0.5, 0.6) is 0 Å². The number of amides is 1. The number of hydrogen-bond donors (Lipinski definition) is 2. The Morgan fingerprint density at radius 2 is 2.09 bits per heavy atom. The fourth-order valence-corrected chi connectivity index (χ4v) is 4.94. The first-order chi connectivity index (χ1) is 15.7. The van der Waals surface area contributed by atoms with Crippen molar-refractivity contribution in [2.45, 2.75) is 52.0 Å². The maximum Gasteiger partial charge on any atom is 0.261 e. The Morgan fingerprint density at radius 3 is 2.85 bits per heavy atom. The number of aromatic nitrogens is 1. The molecule has 0 saturated carbocycles. The molecule has 2 heterocycles. The second-order valence-corrected chi connectivity index (χ2v) is 9.78. The quantitative estimate of drug-likeness (QED) is 0.408. The largest absolute Gasteiger partial charge is 0.369 e. The molecule has 33 heavy (non-hydrogen) atoms. The number of aryl methyl sites for hydroxylation is 1. The summed E-state index contributed by atoms with van der Waals surface area (Å²) in [5.74, 6) is 0.0789. The number of carbonyl (C=O) groups excluding carboxylic acids is 1. The highest BCUT2D eigenvalue weighted by Gasteiger charge is 2.34. The van der Waals surface area contributed by atoms with Crippen molar-refractivity contribution < 1.29 is 4.79 Å². The molecular formula is C28H32N4O. The van der Waals surface area contributed by atoms with Gasteiger partial charge in [0.2, 0.25) is 0 Å². The third-order valence-electron chi connectivity index (χ3n) is 7.04. The molecule has 0 unspecified atom stereocenters. The number of aromatic amines is 1. The van der Waals surface area contributed by atoms with Gasteiger partial charge in [0.1, 0.15) is 11.6 Å². The summed E-state index contributed by atoms with van der Waals surface area (Å²) in [6.45, 7) is 9.29. The van der Waals surface area contributed by atoms with Crippen LogP contribution in [0.25, 0.3) is 17.0 Å². The Bertz CT molecular complexity index is 1270. The molecule has 0 radical (unpaired) electrons. The number of nitriles is 1. The zero-order valence-corrected chi connectivity index (χ0v) is 20.1. The summed E-state index contributed by atoms with van der Waals surface area (Å²) < 4.78 is 0. The van der Waals surface area contributed by atoms with Crippen molar-refractivity contribution >= 4 is 28.6 Å². The van der Waals surface area contributed by atoms with Crippen molar-refractivity contribution in [3.8, 4) is 6.07 Å². The summed E-state index contributed by atoms with van der Waals surface area (Å²) in [5, 5.41) is 13.8. The first-order valence-electron chi connectivity index (χ1n) is 11.5. The number of nitrogens with zero attached hydrogens (tertiary/aromatic N) is 2. The van der Waals surface area contributed by atoms with Gasteiger partial charge in [0.15, 0.2) is 0 Å². The second kappa shape index (κ2) is 8.78. The topological polar surface area (TPSA) is 71.9 Å². The van der Waals surface area contributed by atoms with Gasteiger partial charge in [0, 0.05) is 41.9 Å². The molecule has 2 aromatic carbocycles. The van der Waals surface area contributed by atoms with Gasteiger partial charge >= 0.3 is 0 Å². The highest BCUT2D eigenvalue weighted by atomic mass is 16.1. The Morgan fingerprint density at radius 1 is 1.33 bits per heavy atom. The molecule has 1 aliphatic heterocycles. The number of nitrogens with one attached hydrogen (secondary N) is 2. The normalized spacial score (nSPS) is 17.5. The van der Waals surface area contributed by atoms with Gasteiger partial charge in [-0.25, -0.2) is 0 Å². The number of carbonyl (C=O) groups is 1. The third kappa shape index (κ3) is 4.39. The maximum atomic E-state index is 12.8. The SMILES string of the molecule is Cc1cc2c(cc1/C=C(/C#N)C(=O)NCCc1c[nH]c3ccccc13)[C@H](C)CC(C)(C)N2C. The molecule has 0 saturated heterocycles. The zero-order valence-electron chi connectivity index (χ0n) is 20.1. The minimum Gasteiger partial charge on any atom is -0.369 e. The fourth-order valence-electron chi connectivity index (χ4n) is 4.94. The molecule has 0 bridgehead atoms. The lowest BCUT2D eigenvalue weighted by Gasteiger charge is -2.45. The van der Waals surface area contributed by atoms with Gasteiger partial charge in [-0.3, -0.25) is 4.79 Å². The van der Waals surface area contributed by atoms with E-state index in [0.29, 0.717) is 18.9 Å².